The topological polar surface area (TPSA) is 60.9 Å². The number of amides is 1. The highest BCUT2D eigenvalue weighted by molar-refractivity contribution is 5.93. The van der Waals surface area contributed by atoms with Crippen molar-refractivity contribution in [3.05, 3.63) is 17.5 Å². The average Bonchev–Trinajstić information content (AvgIpc) is 2.44. The molecule has 0 bridgehead atoms. The summed E-state index contributed by atoms with van der Waals surface area (Å²) in [5.41, 5.74) is 5.16. The predicted octanol–water partition coefficient (Wildman–Crippen LogP) is 1.41. The van der Waals surface area contributed by atoms with Gasteiger partial charge in [0.25, 0.3) is 5.91 Å². The normalized spacial score (nSPS) is 13.9. The number of alkyl halides is 3. The van der Waals surface area contributed by atoms with Crippen LogP contribution in [0, 0.1) is 6.92 Å². The van der Waals surface area contributed by atoms with Crippen molar-refractivity contribution in [2.75, 3.05) is 0 Å². The van der Waals surface area contributed by atoms with Gasteiger partial charge in [-0.1, -0.05) is 0 Å². The summed E-state index contributed by atoms with van der Waals surface area (Å²) in [7, 11) is 0. The molecule has 4 nitrogen and oxygen atoms in total. The number of carbonyl (C=O) groups is 1. The van der Waals surface area contributed by atoms with Crippen molar-refractivity contribution in [1.82, 2.24) is 9.78 Å². The van der Waals surface area contributed by atoms with Gasteiger partial charge < -0.3 is 5.73 Å². The Morgan fingerprint density at radius 1 is 1.60 bits per heavy atom. The van der Waals surface area contributed by atoms with E-state index < -0.39 is 18.1 Å². The maximum Gasteiger partial charge on any atom is 0.410 e. The van der Waals surface area contributed by atoms with Crippen molar-refractivity contribution in [1.29, 1.82) is 0 Å². The molecule has 2 N–H and O–H groups in total. The Labute approximate surface area is 83.9 Å². The first-order valence-electron chi connectivity index (χ1n) is 4.15. The van der Waals surface area contributed by atoms with E-state index in [1.54, 1.807) is 0 Å². The number of nitrogens with two attached hydrogens (primary N) is 1. The number of hydrogen-bond donors (Lipinski definition) is 1. The second kappa shape index (κ2) is 3.56. The summed E-state index contributed by atoms with van der Waals surface area (Å²) < 4.78 is 37.6. The average molecular weight is 221 g/mol. The van der Waals surface area contributed by atoms with Crippen molar-refractivity contribution in [3.63, 3.8) is 0 Å². The highest BCUT2D eigenvalue weighted by Crippen LogP contribution is 2.29. The van der Waals surface area contributed by atoms with E-state index in [2.05, 4.69) is 5.10 Å². The number of carbonyl (C=O) groups excluding carboxylic acids is 1. The third-order valence-electron chi connectivity index (χ3n) is 2.05. The van der Waals surface area contributed by atoms with E-state index in [1.807, 2.05) is 0 Å². The lowest BCUT2D eigenvalue weighted by molar-refractivity contribution is -0.165. The van der Waals surface area contributed by atoms with E-state index >= 15 is 0 Å². The Bertz CT molecular complexity index is 383. The predicted molar refractivity (Wildman–Crippen MR) is 46.2 cm³/mol. The third-order valence-corrected chi connectivity index (χ3v) is 2.05. The molecule has 84 valence electrons. The summed E-state index contributed by atoms with van der Waals surface area (Å²) in [6.45, 7) is 2.39. The second-order valence-corrected chi connectivity index (χ2v) is 3.19. The Morgan fingerprint density at radius 2 is 2.13 bits per heavy atom. The molecule has 0 aliphatic rings. The van der Waals surface area contributed by atoms with Gasteiger partial charge in [-0.05, 0) is 13.8 Å². The molecule has 0 aliphatic heterocycles. The van der Waals surface area contributed by atoms with E-state index in [-0.39, 0.29) is 11.3 Å². The highest BCUT2D eigenvalue weighted by atomic mass is 19.4. The molecular weight excluding hydrogens is 211 g/mol. The Kier molecular flexibility index (Phi) is 2.74. The van der Waals surface area contributed by atoms with Gasteiger partial charge >= 0.3 is 6.18 Å². The molecule has 1 heterocycles. The number of primary amides is 1. The Morgan fingerprint density at radius 3 is 2.47 bits per heavy atom. The number of aryl methyl sites for hydroxylation is 1. The standard InChI is InChI=1S/C8H10F3N3O/c1-4-6(7(12)15)3-14(13-4)5(2)8(9,10)11/h3,5H,1-2H3,(H2,12,15). The molecule has 0 radical (unpaired) electrons. The van der Waals surface area contributed by atoms with Crippen LogP contribution in [0.4, 0.5) is 13.2 Å². The van der Waals surface area contributed by atoms with E-state index in [0.29, 0.717) is 4.68 Å². The minimum Gasteiger partial charge on any atom is -0.365 e. The number of nitrogens with zero attached hydrogens (tertiary/aromatic N) is 2. The van der Waals surface area contributed by atoms with E-state index in [9.17, 15) is 18.0 Å². The Hall–Kier alpha value is -1.53. The van der Waals surface area contributed by atoms with Crippen LogP contribution in [0.25, 0.3) is 0 Å². The fourth-order valence-corrected chi connectivity index (χ4v) is 1.07. The third kappa shape index (κ3) is 2.28. The van der Waals surface area contributed by atoms with Crippen LogP contribution in [-0.4, -0.2) is 21.9 Å². The fourth-order valence-electron chi connectivity index (χ4n) is 1.07. The largest absolute Gasteiger partial charge is 0.410 e. The lowest BCUT2D eigenvalue weighted by Gasteiger charge is -2.15. The molecule has 1 aromatic rings. The van der Waals surface area contributed by atoms with Crippen molar-refractivity contribution >= 4 is 5.91 Å². The maximum atomic E-state index is 12.3. The molecule has 0 aromatic carbocycles. The van der Waals surface area contributed by atoms with Gasteiger partial charge in [-0.15, -0.1) is 0 Å². The zero-order valence-electron chi connectivity index (χ0n) is 8.17. The molecule has 0 spiro atoms. The quantitative estimate of drug-likeness (QED) is 0.820. The molecule has 1 amide bonds. The first-order valence-corrected chi connectivity index (χ1v) is 4.15. The van der Waals surface area contributed by atoms with Crippen LogP contribution < -0.4 is 5.73 Å². The van der Waals surface area contributed by atoms with E-state index in [0.717, 1.165) is 13.1 Å². The molecule has 1 rings (SSSR count). The van der Waals surface area contributed by atoms with Crippen LogP contribution in [0.2, 0.25) is 0 Å². The van der Waals surface area contributed by atoms with Crippen molar-refractivity contribution in [2.24, 2.45) is 5.73 Å². The molecular formula is C8H10F3N3O. The zero-order valence-corrected chi connectivity index (χ0v) is 8.17. The van der Waals surface area contributed by atoms with Crippen LogP contribution in [0.15, 0.2) is 6.20 Å². The van der Waals surface area contributed by atoms with Gasteiger partial charge in [-0.25, -0.2) is 0 Å². The summed E-state index contributed by atoms with van der Waals surface area (Å²) in [5.74, 6) is -0.784. The second-order valence-electron chi connectivity index (χ2n) is 3.19. The first-order chi connectivity index (χ1) is 6.73. The first kappa shape index (κ1) is 11.5. The molecule has 0 saturated carbocycles. The van der Waals surface area contributed by atoms with E-state index in [1.165, 1.54) is 6.92 Å². The molecule has 15 heavy (non-hydrogen) atoms. The minimum atomic E-state index is -4.40. The number of aromatic nitrogens is 2. The summed E-state index contributed by atoms with van der Waals surface area (Å²) in [4.78, 5) is 10.8. The van der Waals surface area contributed by atoms with Gasteiger partial charge in [0, 0.05) is 6.20 Å². The lowest BCUT2D eigenvalue weighted by atomic mass is 10.2. The van der Waals surface area contributed by atoms with Crippen LogP contribution in [0.3, 0.4) is 0 Å². The molecule has 0 fully saturated rings. The monoisotopic (exact) mass is 221 g/mol. The Balaban J connectivity index is 3.08. The molecule has 0 saturated heterocycles. The van der Waals surface area contributed by atoms with Crippen LogP contribution in [0.5, 0.6) is 0 Å². The summed E-state index contributed by atoms with van der Waals surface area (Å²) in [5, 5.41) is 3.59. The summed E-state index contributed by atoms with van der Waals surface area (Å²) in [6, 6.07) is -1.77. The van der Waals surface area contributed by atoms with Gasteiger partial charge in [-0.2, -0.15) is 18.3 Å². The SMILES string of the molecule is Cc1nn(C(C)C(F)(F)F)cc1C(N)=O. The van der Waals surface area contributed by atoms with Gasteiger partial charge in [-0.3, -0.25) is 9.48 Å². The van der Waals surface area contributed by atoms with Gasteiger partial charge in [0.1, 0.15) is 6.04 Å². The zero-order chi connectivity index (χ0) is 11.8. The molecule has 7 heteroatoms. The number of rotatable bonds is 2. The fraction of sp³-hybridized carbons (Fsp3) is 0.500. The summed E-state index contributed by atoms with van der Waals surface area (Å²) >= 11 is 0. The van der Waals surface area contributed by atoms with Gasteiger partial charge in [0.2, 0.25) is 0 Å². The molecule has 1 atom stereocenters. The highest BCUT2D eigenvalue weighted by Gasteiger charge is 2.38. The number of halogens is 3. The molecule has 1 unspecified atom stereocenters. The van der Waals surface area contributed by atoms with Crippen molar-refractivity contribution in [3.8, 4) is 0 Å². The van der Waals surface area contributed by atoms with Crippen molar-refractivity contribution in [2.45, 2.75) is 26.1 Å². The summed E-state index contributed by atoms with van der Waals surface area (Å²) in [6.07, 6.45) is -3.39. The molecule has 1 aromatic heterocycles. The van der Waals surface area contributed by atoms with Crippen LogP contribution in [-0.2, 0) is 0 Å². The van der Waals surface area contributed by atoms with Gasteiger partial charge in [0.05, 0.1) is 11.3 Å². The van der Waals surface area contributed by atoms with Gasteiger partial charge in [0.15, 0.2) is 0 Å². The van der Waals surface area contributed by atoms with Crippen LogP contribution >= 0.6 is 0 Å². The molecule has 0 aliphatic carbocycles. The smallest absolute Gasteiger partial charge is 0.365 e. The van der Waals surface area contributed by atoms with Crippen LogP contribution in [0.1, 0.15) is 29.0 Å². The van der Waals surface area contributed by atoms with Crippen molar-refractivity contribution < 1.29 is 18.0 Å². The maximum absolute atomic E-state index is 12.3. The van der Waals surface area contributed by atoms with E-state index in [4.69, 9.17) is 5.73 Å². The minimum absolute atomic E-state index is 0.00565. The number of hydrogen-bond acceptors (Lipinski definition) is 2. The lowest BCUT2D eigenvalue weighted by Crippen LogP contribution is -2.24.